The molecule has 0 unspecified atom stereocenters. The molecule has 14 heavy (non-hydrogen) atoms. The van der Waals surface area contributed by atoms with E-state index in [0.29, 0.717) is 0 Å². The molecule has 2 aromatic heterocycles. The largest absolute Gasteiger partial charge is 0.261 e. The molecule has 0 spiro atoms. The van der Waals surface area contributed by atoms with E-state index in [1.807, 2.05) is 38.4 Å². The summed E-state index contributed by atoms with van der Waals surface area (Å²) < 4.78 is 0. The molecule has 74 valence electrons. The van der Waals surface area contributed by atoms with E-state index in [1.54, 1.807) is 0 Å². The van der Waals surface area contributed by atoms with Crippen molar-refractivity contribution < 1.29 is 0 Å². The fraction of sp³-hybridized carbons (Fsp3) is 0.333. The van der Waals surface area contributed by atoms with Gasteiger partial charge in [0.15, 0.2) is 0 Å². The minimum absolute atomic E-state index is 0.961. The predicted octanol–water partition coefficient (Wildman–Crippen LogP) is 3.22. The maximum absolute atomic E-state index is 4.29. The lowest BCUT2D eigenvalue weighted by Gasteiger charge is -2.00. The van der Waals surface area contributed by atoms with Gasteiger partial charge in [0, 0.05) is 23.5 Å². The first-order valence-corrected chi connectivity index (χ1v) is 5.10. The average Bonchev–Trinajstić information content (AvgIpc) is 2.31. The Balaban J connectivity index is 0.000000461. The van der Waals surface area contributed by atoms with Gasteiger partial charge in [0.05, 0.1) is 5.52 Å². The molecule has 0 bridgehead atoms. The third kappa shape index (κ3) is 2.08. The van der Waals surface area contributed by atoms with E-state index in [1.165, 1.54) is 5.39 Å². The van der Waals surface area contributed by atoms with Crippen LogP contribution in [0.15, 0.2) is 30.6 Å². The van der Waals surface area contributed by atoms with Crippen molar-refractivity contribution >= 4 is 10.9 Å². The van der Waals surface area contributed by atoms with Crippen molar-refractivity contribution in [2.24, 2.45) is 0 Å². The van der Waals surface area contributed by atoms with Crippen LogP contribution in [-0.2, 0) is 6.42 Å². The fourth-order valence-electron chi connectivity index (χ4n) is 1.34. The predicted molar refractivity (Wildman–Crippen MR) is 60.3 cm³/mol. The normalized spacial score (nSPS) is 9.36. The van der Waals surface area contributed by atoms with E-state index < -0.39 is 0 Å². The van der Waals surface area contributed by atoms with Crippen molar-refractivity contribution in [3.8, 4) is 0 Å². The van der Waals surface area contributed by atoms with E-state index in [2.05, 4.69) is 23.0 Å². The molecule has 2 heterocycles. The fourth-order valence-corrected chi connectivity index (χ4v) is 1.34. The van der Waals surface area contributed by atoms with E-state index >= 15 is 0 Å². The quantitative estimate of drug-likeness (QED) is 0.686. The van der Waals surface area contributed by atoms with Crippen LogP contribution in [0.1, 0.15) is 26.5 Å². The second kappa shape index (κ2) is 5.32. The standard InChI is InChI=1S/C10H10N2.C2H6/c1-2-9-8-4-3-6-11-10(8)5-7-12-9;1-2/h3-7H,2H2,1H3;1-2H3. The van der Waals surface area contributed by atoms with Crippen molar-refractivity contribution in [3.63, 3.8) is 0 Å². The van der Waals surface area contributed by atoms with Crippen molar-refractivity contribution in [3.05, 3.63) is 36.3 Å². The molecule has 0 N–H and O–H groups in total. The van der Waals surface area contributed by atoms with E-state index in [-0.39, 0.29) is 0 Å². The smallest absolute Gasteiger partial charge is 0.0735 e. The number of pyridine rings is 2. The van der Waals surface area contributed by atoms with Gasteiger partial charge in [-0.2, -0.15) is 0 Å². The van der Waals surface area contributed by atoms with E-state index in [4.69, 9.17) is 0 Å². The van der Waals surface area contributed by atoms with Gasteiger partial charge in [0.1, 0.15) is 0 Å². The van der Waals surface area contributed by atoms with Crippen molar-refractivity contribution in [2.45, 2.75) is 27.2 Å². The van der Waals surface area contributed by atoms with Crippen LogP contribution in [0.3, 0.4) is 0 Å². The first-order chi connectivity index (χ1) is 6.92. The molecule has 2 heteroatoms. The number of aromatic nitrogens is 2. The Labute approximate surface area is 85.0 Å². The van der Waals surface area contributed by atoms with Crippen LogP contribution in [0.25, 0.3) is 10.9 Å². The van der Waals surface area contributed by atoms with Gasteiger partial charge >= 0.3 is 0 Å². The van der Waals surface area contributed by atoms with Crippen LogP contribution < -0.4 is 0 Å². The van der Waals surface area contributed by atoms with Gasteiger partial charge in [-0.05, 0) is 24.6 Å². The summed E-state index contributed by atoms with van der Waals surface area (Å²) in [5.41, 5.74) is 2.16. The number of hydrogen-bond donors (Lipinski definition) is 0. The number of rotatable bonds is 1. The van der Waals surface area contributed by atoms with E-state index in [0.717, 1.165) is 17.6 Å². The van der Waals surface area contributed by atoms with Gasteiger partial charge in [-0.3, -0.25) is 9.97 Å². The molecule has 0 saturated heterocycles. The summed E-state index contributed by atoms with van der Waals surface area (Å²) >= 11 is 0. The minimum atomic E-state index is 0.961. The molecule has 0 aliphatic rings. The van der Waals surface area contributed by atoms with Crippen LogP contribution in [0, 0.1) is 0 Å². The summed E-state index contributed by atoms with van der Waals surface area (Å²) in [5, 5.41) is 1.17. The Morgan fingerprint density at radius 2 is 1.86 bits per heavy atom. The monoisotopic (exact) mass is 188 g/mol. The molecule has 2 rings (SSSR count). The van der Waals surface area contributed by atoms with Crippen LogP contribution in [-0.4, -0.2) is 9.97 Å². The van der Waals surface area contributed by atoms with Crippen molar-refractivity contribution in [1.29, 1.82) is 0 Å². The first kappa shape index (κ1) is 10.6. The third-order valence-corrected chi connectivity index (χ3v) is 1.95. The lowest BCUT2D eigenvalue weighted by Crippen LogP contribution is -1.89. The van der Waals surface area contributed by atoms with Crippen molar-refractivity contribution in [2.75, 3.05) is 0 Å². The summed E-state index contributed by atoms with van der Waals surface area (Å²) in [6.07, 6.45) is 4.58. The summed E-state index contributed by atoms with van der Waals surface area (Å²) in [5.74, 6) is 0. The molecule has 0 radical (unpaired) electrons. The molecule has 0 atom stereocenters. The average molecular weight is 188 g/mol. The summed E-state index contributed by atoms with van der Waals surface area (Å²) in [6.45, 7) is 6.11. The highest BCUT2D eigenvalue weighted by atomic mass is 14.7. The van der Waals surface area contributed by atoms with Gasteiger partial charge in [0.2, 0.25) is 0 Å². The number of hydrogen-bond acceptors (Lipinski definition) is 2. The zero-order valence-corrected chi connectivity index (χ0v) is 8.99. The van der Waals surface area contributed by atoms with Crippen LogP contribution >= 0.6 is 0 Å². The zero-order valence-electron chi connectivity index (χ0n) is 8.99. The molecule has 0 amide bonds. The van der Waals surface area contributed by atoms with Crippen LogP contribution in [0.4, 0.5) is 0 Å². The van der Waals surface area contributed by atoms with Crippen molar-refractivity contribution in [1.82, 2.24) is 9.97 Å². The Bertz CT molecular complexity index is 391. The highest BCUT2D eigenvalue weighted by Crippen LogP contribution is 2.13. The maximum atomic E-state index is 4.29. The van der Waals surface area contributed by atoms with Gasteiger partial charge < -0.3 is 0 Å². The van der Waals surface area contributed by atoms with Gasteiger partial charge in [-0.1, -0.05) is 20.8 Å². The third-order valence-electron chi connectivity index (χ3n) is 1.95. The highest BCUT2D eigenvalue weighted by Gasteiger charge is 1.98. The second-order valence-electron chi connectivity index (χ2n) is 2.68. The highest BCUT2D eigenvalue weighted by molar-refractivity contribution is 5.80. The van der Waals surface area contributed by atoms with Gasteiger partial charge in [0.25, 0.3) is 0 Å². The Morgan fingerprint density at radius 3 is 2.57 bits per heavy atom. The molecular formula is C12H16N2. The SMILES string of the molecule is CC.CCc1nccc2ncccc12. The Hall–Kier alpha value is -1.44. The molecular weight excluding hydrogens is 172 g/mol. The molecule has 0 aromatic carbocycles. The van der Waals surface area contributed by atoms with Crippen LogP contribution in [0.5, 0.6) is 0 Å². The molecule has 2 aromatic rings. The molecule has 2 nitrogen and oxygen atoms in total. The minimum Gasteiger partial charge on any atom is -0.261 e. The maximum Gasteiger partial charge on any atom is 0.0735 e. The summed E-state index contributed by atoms with van der Waals surface area (Å²) in [6, 6.07) is 5.95. The van der Waals surface area contributed by atoms with Gasteiger partial charge in [-0.25, -0.2) is 0 Å². The lowest BCUT2D eigenvalue weighted by molar-refractivity contribution is 1.05. The first-order valence-electron chi connectivity index (χ1n) is 5.10. The summed E-state index contributed by atoms with van der Waals surface area (Å²) in [4.78, 5) is 8.54. The molecule has 0 aliphatic heterocycles. The lowest BCUT2D eigenvalue weighted by atomic mass is 10.2. The molecule has 0 aliphatic carbocycles. The molecule has 0 fully saturated rings. The van der Waals surface area contributed by atoms with E-state index in [9.17, 15) is 0 Å². The number of fused-ring (bicyclic) bond motifs is 1. The summed E-state index contributed by atoms with van der Waals surface area (Å²) in [7, 11) is 0. The zero-order chi connectivity index (χ0) is 10.4. The number of aryl methyl sites for hydroxylation is 1. The number of nitrogens with zero attached hydrogens (tertiary/aromatic N) is 2. The Morgan fingerprint density at radius 1 is 1.07 bits per heavy atom. The Kier molecular flexibility index (Phi) is 4.05. The van der Waals surface area contributed by atoms with Crippen LogP contribution in [0.2, 0.25) is 0 Å². The van der Waals surface area contributed by atoms with Gasteiger partial charge in [-0.15, -0.1) is 0 Å². The second-order valence-corrected chi connectivity index (χ2v) is 2.68. The molecule has 0 saturated carbocycles. The topological polar surface area (TPSA) is 25.8 Å².